The summed E-state index contributed by atoms with van der Waals surface area (Å²) in [6.07, 6.45) is 2.14. The largest absolute Gasteiger partial charge is 0.370 e. The second-order valence-corrected chi connectivity index (χ2v) is 4.52. The first-order chi connectivity index (χ1) is 6.72. The van der Waals surface area contributed by atoms with Gasteiger partial charge >= 0.3 is 0 Å². The van der Waals surface area contributed by atoms with E-state index >= 15 is 0 Å². The zero-order chi connectivity index (χ0) is 10.4. The van der Waals surface area contributed by atoms with Gasteiger partial charge in [0, 0.05) is 12.2 Å². The van der Waals surface area contributed by atoms with Crippen molar-refractivity contribution in [2.75, 3.05) is 23.9 Å². The van der Waals surface area contributed by atoms with E-state index in [4.69, 9.17) is 0 Å². The van der Waals surface area contributed by atoms with Crippen LogP contribution in [0, 0.1) is 12.8 Å². The number of rotatable bonds is 5. The highest BCUT2D eigenvalue weighted by atomic mass is 32.2. The van der Waals surface area contributed by atoms with E-state index in [2.05, 4.69) is 23.5 Å². The summed E-state index contributed by atoms with van der Waals surface area (Å²) in [5, 5.41) is 3.35. The number of hydrogen-bond donors (Lipinski definition) is 1. The summed E-state index contributed by atoms with van der Waals surface area (Å²) < 4.78 is 0. The Morgan fingerprint density at radius 2 is 2.29 bits per heavy atom. The zero-order valence-electron chi connectivity index (χ0n) is 9.08. The molecular weight excluding hydrogens is 192 g/mol. The molecule has 0 radical (unpaired) electrons. The van der Waals surface area contributed by atoms with Gasteiger partial charge in [-0.1, -0.05) is 13.0 Å². The molecule has 1 heterocycles. The summed E-state index contributed by atoms with van der Waals surface area (Å²) in [6.45, 7) is 5.26. The summed E-state index contributed by atoms with van der Waals surface area (Å²) in [6, 6.07) is 6.05. The van der Waals surface area contributed by atoms with Crippen molar-refractivity contribution < 1.29 is 0 Å². The molecule has 3 heteroatoms. The van der Waals surface area contributed by atoms with Gasteiger partial charge in [-0.3, -0.25) is 0 Å². The topological polar surface area (TPSA) is 24.9 Å². The maximum absolute atomic E-state index is 4.39. The summed E-state index contributed by atoms with van der Waals surface area (Å²) in [5.74, 6) is 2.86. The van der Waals surface area contributed by atoms with Crippen LogP contribution in [-0.2, 0) is 0 Å². The van der Waals surface area contributed by atoms with Crippen LogP contribution in [0.2, 0.25) is 0 Å². The molecule has 0 aliphatic rings. The highest BCUT2D eigenvalue weighted by Gasteiger charge is 2.00. The summed E-state index contributed by atoms with van der Waals surface area (Å²) >= 11 is 1.89. The first-order valence-electron chi connectivity index (χ1n) is 4.89. The Kier molecular flexibility index (Phi) is 4.80. The van der Waals surface area contributed by atoms with Crippen LogP contribution in [0.1, 0.15) is 12.6 Å². The molecule has 0 spiro atoms. The lowest BCUT2D eigenvalue weighted by Crippen LogP contribution is -2.14. The fourth-order valence-electron chi connectivity index (χ4n) is 1.26. The van der Waals surface area contributed by atoms with Gasteiger partial charge in [0.15, 0.2) is 0 Å². The number of aromatic nitrogens is 1. The van der Waals surface area contributed by atoms with E-state index in [-0.39, 0.29) is 0 Å². The molecule has 78 valence electrons. The van der Waals surface area contributed by atoms with E-state index in [0.717, 1.165) is 18.1 Å². The fourth-order valence-corrected chi connectivity index (χ4v) is 1.95. The number of anilines is 1. The highest BCUT2D eigenvalue weighted by Crippen LogP contribution is 2.08. The predicted octanol–water partition coefficient (Wildman–Crippen LogP) is 2.80. The average molecular weight is 210 g/mol. The summed E-state index contributed by atoms with van der Waals surface area (Å²) in [5.41, 5.74) is 1.06. The number of nitrogens with zero attached hydrogens (tertiary/aromatic N) is 1. The molecule has 1 aromatic rings. The third-order valence-electron chi connectivity index (χ3n) is 1.97. The Bertz CT molecular complexity index is 276. The first kappa shape index (κ1) is 11.4. The molecule has 0 fully saturated rings. The van der Waals surface area contributed by atoms with Gasteiger partial charge in [-0.05, 0) is 37.0 Å². The van der Waals surface area contributed by atoms with Crippen LogP contribution in [0.15, 0.2) is 18.2 Å². The molecule has 0 aliphatic heterocycles. The second kappa shape index (κ2) is 5.91. The number of pyridine rings is 1. The van der Waals surface area contributed by atoms with Crippen molar-refractivity contribution >= 4 is 17.6 Å². The van der Waals surface area contributed by atoms with Crippen molar-refractivity contribution in [3.8, 4) is 0 Å². The van der Waals surface area contributed by atoms with Gasteiger partial charge in [-0.15, -0.1) is 0 Å². The summed E-state index contributed by atoms with van der Waals surface area (Å²) in [7, 11) is 0. The van der Waals surface area contributed by atoms with E-state index in [1.54, 1.807) is 0 Å². The van der Waals surface area contributed by atoms with Crippen molar-refractivity contribution in [1.82, 2.24) is 4.98 Å². The number of aryl methyl sites for hydroxylation is 1. The van der Waals surface area contributed by atoms with Gasteiger partial charge in [0.2, 0.25) is 0 Å². The molecule has 0 saturated heterocycles. The number of hydrogen-bond acceptors (Lipinski definition) is 3. The quantitative estimate of drug-likeness (QED) is 0.809. The van der Waals surface area contributed by atoms with Crippen LogP contribution in [0.25, 0.3) is 0 Å². The molecule has 1 unspecified atom stereocenters. The van der Waals surface area contributed by atoms with Crippen LogP contribution in [-0.4, -0.2) is 23.5 Å². The van der Waals surface area contributed by atoms with E-state index < -0.39 is 0 Å². The molecule has 1 atom stereocenters. The van der Waals surface area contributed by atoms with E-state index in [9.17, 15) is 0 Å². The monoisotopic (exact) mass is 210 g/mol. The Labute approximate surface area is 90.5 Å². The van der Waals surface area contributed by atoms with E-state index in [1.807, 2.05) is 36.9 Å². The minimum absolute atomic E-state index is 0.687. The van der Waals surface area contributed by atoms with Gasteiger partial charge in [0.1, 0.15) is 5.82 Å². The van der Waals surface area contributed by atoms with Crippen LogP contribution in [0.3, 0.4) is 0 Å². The molecule has 0 aliphatic carbocycles. The van der Waals surface area contributed by atoms with Crippen LogP contribution in [0.4, 0.5) is 5.82 Å². The lowest BCUT2D eigenvalue weighted by atomic mass is 10.2. The SMILES string of the molecule is CSCC(C)CNc1cccc(C)n1. The number of nitrogens with one attached hydrogen (secondary N) is 1. The maximum atomic E-state index is 4.39. The molecule has 14 heavy (non-hydrogen) atoms. The lowest BCUT2D eigenvalue weighted by Gasteiger charge is -2.11. The molecular formula is C11H18N2S. The van der Waals surface area contributed by atoms with Gasteiger partial charge in [0.05, 0.1) is 0 Å². The van der Waals surface area contributed by atoms with Gasteiger partial charge in [0.25, 0.3) is 0 Å². The van der Waals surface area contributed by atoms with Crippen molar-refractivity contribution in [2.45, 2.75) is 13.8 Å². The van der Waals surface area contributed by atoms with Crippen molar-refractivity contribution in [2.24, 2.45) is 5.92 Å². The van der Waals surface area contributed by atoms with Crippen molar-refractivity contribution in [1.29, 1.82) is 0 Å². The highest BCUT2D eigenvalue weighted by molar-refractivity contribution is 7.98. The standard InChI is InChI=1S/C11H18N2S/c1-9(8-14-3)7-12-11-6-4-5-10(2)13-11/h4-6,9H,7-8H2,1-3H3,(H,12,13). The van der Waals surface area contributed by atoms with Gasteiger partial charge in [-0.25, -0.2) is 4.98 Å². The molecule has 0 bridgehead atoms. The van der Waals surface area contributed by atoms with Crippen LogP contribution in [0.5, 0.6) is 0 Å². The third kappa shape index (κ3) is 4.01. The molecule has 1 N–H and O–H groups in total. The Hall–Kier alpha value is -0.700. The van der Waals surface area contributed by atoms with Gasteiger partial charge in [-0.2, -0.15) is 11.8 Å². The first-order valence-corrected chi connectivity index (χ1v) is 6.28. The summed E-state index contributed by atoms with van der Waals surface area (Å²) in [4.78, 5) is 4.39. The molecule has 1 aromatic heterocycles. The molecule has 0 amide bonds. The van der Waals surface area contributed by atoms with Gasteiger partial charge < -0.3 is 5.32 Å². The Morgan fingerprint density at radius 3 is 2.93 bits per heavy atom. The lowest BCUT2D eigenvalue weighted by molar-refractivity contribution is 0.699. The minimum Gasteiger partial charge on any atom is -0.370 e. The molecule has 0 saturated carbocycles. The average Bonchev–Trinajstić information content (AvgIpc) is 2.15. The van der Waals surface area contributed by atoms with Crippen LogP contribution >= 0.6 is 11.8 Å². The third-order valence-corrected chi connectivity index (χ3v) is 2.87. The Morgan fingerprint density at radius 1 is 1.50 bits per heavy atom. The van der Waals surface area contributed by atoms with Crippen molar-refractivity contribution in [3.63, 3.8) is 0 Å². The number of thioether (sulfide) groups is 1. The normalized spacial score (nSPS) is 12.5. The van der Waals surface area contributed by atoms with Crippen molar-refractivity contribution in [3.05, 3.63) is 23.9 Å². The van der Waals surface area contributed by atoms with E-state index in [1.165, 1.54) is 5.75 Å². The second-order valence-electron chi connectivity index (χ2n) is 3.61. The molecule has 1 rings (SSSR count). The molecule has 2 nitrogen and oxygen atoms in total. The minimum atomic E-state index is 0.687. The molecule has 0 aromatic carbocycles. The maximum Gasteiger partial charge on any atom is 0.126 e. The predicted molar refractivity (Wildman–Crippen MR) is 65.0 cm³/mol. The zero-order valence-corrected chi connectivity index (χ0v) is 9.90. The van der Waals surface area contributed by atoms with Crippen LogP contribution < -0.4 is 5.32 Å². The smallest absolute Gasteiger partial charge is 0.126 e. The fraction of sp³-hybridized carbons (Fsp3) is 0.545. The Balaban J connectivity index is 2.37. The van der Waals surface area contributed by atoms with E-state index in [0.29, 0.717) is 5.92 Å².